The van der Waals surface area contributed by atoms with E-state index in [0.29, 0.717) is 9.92 Å². The molecule has 3 nitrogen and oxygen atoms in total. The first-order chi connectivity index (χ1) is 10.5. The van der Waals surface area contributed by atoms with Gasteiger partial charge in [-0.1, -0.05) is 29.8 Å². The summed E-state index contributed by atoms with van der Waals surface area (Å²) >= 11 is 5.86. The Hall–Kier alpha value is -1.36. The molecule has 1 aliphatic carbocycles. The summed E-state index contributed by atoms with van der Waals surface area (Å²) in [6.45, 7) is 1.83. The van der Waals surface area contributed by atoms with Crippen LogP contribution in [0.2, 0.25) is 5.02 Å². The smallest absolute Gasteiger partial charge is 0.207 e. The summed E-state index contributed by atoms with van der Waals surface area (Å²) in [5, 5.41) is 0.637. The zero-order valence-corrected chi connectivity index (χ0v) is 13.9. The topological polar surface area (TPSA) is 46.2 Å². The van der Waals surface area contributed by atoms with Gasteiger partial charge in [0.15, 0.2) is 0 Å². The lowest BCUT2D eigenvalue weighted by Gasteiger charge is -2.15. The molecule has 0 fully saturated rings. The van der Waals surface area contributed by atoms with Gasteiger partial charge >= 0.3 is 0 Å². The van der Waals surface area contributed by atoms with Crippen molar-refractivity contribution >= 4 is 21.6 Å². The van der Waals surface area contributed by atoms with Gasteiger partial charge < -0.3 is 0 Å². The van der Waals surface area contributed by atoms with E-state index in [2.05, 4.69) is 4.72 Å². The molecule has 0 aromatic heterocycles. The molecule has 0 spiro atoms. The van der Waals surface area contributed by atoms with E-state index in [1.807, 2.05) is 25.1 Å². The third-order valence-electron chi connectivity index (χ3n) is 4.08. The molecule has 3 rings (SSSR count). The number of halogens is 1. The summed E-state index contributed by atoms with van der Waals surface area (Å²) in [5.74, 6) is 0. The van der Waals surface area contributed by atoms with Gasteiger partial charge in [-0.3, -0.25) is 0 Å². The van der Waals surface area contributed by atoms with E-state index in [-0.39, 0.29) is 6.04 Å². The minimum atomic E-state index is -3.52. The average molecular weight is 336 g/mol. The van der Waals surface area contributed by atoms with E-state index in [1.165, 1.54) is 5.56 Å². The quantitative estimate of drug-likeness (QED) is 0.922. The van der Waals surface area contributed by atoms with Crippen molar-refractivity contribution in [2.75, 3.05) is 0 Å². The first-order valence-corrected chi connectivity index (χ1v) is 9.21. The third kappa shape index (κ3) is 3.19. The summed E-state index contributed by atoms with van der Waals surface area (Å²) in [6, 6.07) is 12.3. The lowest BCUT2D eigenvalue weighted by molar-refractivity contribution is 0.567. The number of aryl methyl sites for hydroxylation is 2. The molecule has 0 bridgehead atoms. The van der Waals surface area contributed by atoms with Crippen LogP contribution in [0.1, 0.15) is 36.1 Å². The average Bonchev–Trinajstić information content (AvgIpc) is 2.94. The molecule has 2 aromatic carbocycles. The van der Waals surface area contributed by atoms with Gasteiger partial charge in [0.05, 0.1) is 4.90 Å². The van der Waals surface area contributed by atoms with Crippen molar-refractivity contribution in [2.24, 2.45) is 0 Å². The van der Waals surface area contributed by atoms with Crippen LogP contribution >= 0.6 is 11.6 Å². The van der Waals surface area contributed by atoms with Crippen LogP contribution in [0.5, 0.6) is 0 Å². The molecule has 116 valence electrons. The Bertz CT molecular complexity index is 785. The zero-order chi connectivity index (χ0) is 15.7. The van der Waals surface area contributed by atoms with Crippen LogP contribution in [0.4, 0.5) is 0 Å². The normalized spacial score (nSPS) is 15.5. The van der Waals surface area contributed by atoms with Crippen molar-refractivity contribution in [2.45, 2.75) is 37.1 Å². The fourth-order valence-electron chi connectivity index (χ4n) is 2.84. The molecule has 0 aliphatic heterocycles. The molecule has 22 heavy (non-hydrogen) atoms. The standard InChI is InChI=1S/C17H18ClNO2S/c1-12(13-5-8-16(18)9-6-13)19-22(20,21)17-10-7-14-3-2-4-15(14)11-17/h5-12,19H,2-4H2,1H3. The highest BCUT2D eigenvalue weighted by Gasteiger charge is 2.21. The summed E-state index contributed by atoms with van der Waals surface area (Å²) in [7, 11) is -3.52. The number of fused-ring (bicyclic) bond motifs is 1. The van der Waals surface area contributed by atoms with E-state index < -0.39 is 10.0 Å². The maximum absolute atomic E-state index is 12.5. The Morgan fingerprint density at radius 2 is 1.73 bits per heavy atom. The highest BCUT2D eigenvalue weighted by molar-refractivity contribution is 7.89. The van der Waals surface area contributed by atoms with Crippen LogP contribution in [0.3, 0.4) is 0 Å². The van der Waals surface area contributed by atoms with Gasteiger partial charge in [0.25, 0.3) is 0 Å². The van der Waals surface area contributed by atoms with Crippen LogP contribution in [-0.4, -0.2) is 8.42 Å². The van der Waals surface area contributed by atoms with Gasteiger partial charge in [0.1, 0.15) is 0 Å². The zero-order valence-electron chi connectivity index (χ0n) is 12.3. The number of benzene rings is 2. The van der Waals surface area contributed by atoms with Crippen LogP contribution < -0.4 is 4.72 Å². The second kappa shape index (κ2) is 6.03. The maximum Gasteiger partial charge on any atom is 0.241 e. The molecule has 1 N–H and O–H groups in total. The van der Waals surface area contributed by atoms with Crippen LogP contribution in [0.25, 0.3) is 0 Å². The van der Waals surface area contributed by atoms with Crippen LogP contribution in [-0.2, 0) is 22.9 Å². The number of hydrogen-bond donors (Lipinski definition) is 1. The largest absolute Gasteiger partial charge is 0.241 e. The number of sulfonamides is 1. The number of rotatable bonds is 4. The van der Waals surface area contributed by atoms with E-state index >= 15 is 0 Å². The molecule has 2 aromatic rings. The fraction of sp³-hybridized carbons (Fsp3) is 0.294. The number of hydrogen-bond acceptors (Lipinski definition) is 2. The Kier molecular flexibility index (Phi) is 4.26. The molecule has 1 aliphatic rings. The monoisotopic (exact) mass is 335 g/mol. The minimum absolute atomic E-state index is 0.310. The molecule has 1 atom stereocenters. The highest BCUT2D eigenvalue weighted by Crippen LogP contribution is 2.25. The lowest BCUT2D eigenvalue weighted by Crippen LogP contribution is -2.27. The Labute approximate surface area is 136 Å². The molecular formula is C17H18ClNO2S. The second-order valence-corrected chi connectivity index (χ2v) is 7.83. The summed E-state index contributed by atoms with van der Waals surface area (Å²) in [4.78, 5) is 0.342. The molecule has 0 radical (unpaired) electrons. The summed E-state index contributed by atoms with van der Waals surface area (Å²) in [6.07, 6.45) is 3.11. The van der Waals surface area contributed by atoms with E-state index in [4.69, 9.17) is 11.6 Å². The molecule has 1 unspecified atom stereocenters. The molecule has 0 saturated carbocycles. The van der Waals surface area contributed by atoms with Crippen molar-refractivity contribution < 1.29 is 8.42 Å². The maximum atomic E-state index is 12.5. The molecule has 0 amide bonds. The van der Waals surface area contributed by atoms with Crippen molar-refractivity contribution in [1.82, 2.24) is 4.72 Å². The minimum Gasteiger partial charge on any atom is -0.207 e. The predicted molar refractivity (Wildman–Crippen MR) is 88.7 cm³/mol. The SMILES string of the molecule is CC(NS(=O)(=O)c1ccc2c(c1)CCC2)c1ccc(Cl)cc1. The van der Waals surface area contributed by atoms with Crippen LogP contribution in [0.15, 0.2) is 47.4 Å². The fourth-order valence-corrected chi connectivity index (χ4v) is 4.24. The van der Waals surface area contributed by atoms with Gasteiger partial charge in [-0.2, -0.15) is 0 Å². The molecule has 0 heterocycles. The second-order valence-electron chi connectivity index (χ2n) is 5.68. The molecular weight excluding hydrogens is 318 g/mol. The van der Waals surface area contributed by atoms with Crippen molar-refractivity contribution in [3.8, 4) is 0 Å². The van der Waals surface area contributed by atoms with Crippen molar-refractivity contribution in [3.63, 3.8) is 0 Å². The number of nitrogens with one attached hydrogen (secondary N) is 1. The first-order valence-electron chi connectivity index (χ1n) is 7.35. The van der Waals surface area contributed by atoms with Crippen molar-refractivity contribution in [1.29, 1.82) is 0 Å². The van der Waals surface area contributed by atoms with Gasteiger partial charge in [-0.15, -0.1) is 0 Å². The van der Waals surface area contributed by atoms with E-state index in [9.17, 15) is 8.42 Å². The Morgan fingerprint density at radius 3 is 2.45 bits per heavy atom. The first kappa shape index (κ1) is 15.5. The summed E-state index contributed by atoms with van der Waals surface area (Å²) < 4.78 is 27.8. The van der Waals surface area contributed by atoms with E-state index in [0.717, 1.165) is 30.4 Å². The third-order valence-corrected chi connectivity index (χ3v) is 5.87. The predicted octanol–water partition coefficient (Wildman–Crippen LogP) is 3.87. The Morgan fingerprint density at radius 1 is 1.05 bits per heavy atom. The lowest BCUT2D eigenvalue weighted by atomic mass is 10.1. The highest BCUT2D eigenvalue weighted by atomic mass is 35.5. The molecule has 5 heteroatoms. The van der Waals surface area contributed by atoms with Gasteiger partial charge in [0.2, 0.25) is 10.0 Å². The van der Waals surface area contributed by atoms with Crippen LogP contribution in [0, 0.1) is 0 Å². The van der Waals surface area contributed by atoms with Gasteiger partial charge in [-0.25, -0.2) is 13.1 Å². The van der Waals surface area contributed by atoms with E-state index in [1.54, 1.807) is 24.3 Å². The Balaban J connectivity index is 1.82. The van der Waals surface area contributed by atoms with Crippen molar-refractivity contribution in [3.05, 3.63) is 64.2 Å². The summed E-state index contributed by atoms with van der Waals surface area (Å²) in [5.41, 5.74) is 3.31. The van der Waals surface area contributed by atoms with Gasteiger partial charge in [0, 0.05) is 11.1 Å². The molecule has 0 saturated heterocycles. The van der Waals surface area contributed by atoms with Gasteiger partial charge in [-0.05, 0) is 67.1 Å².